The predicted molar refractivity (Wildman–Crippen MR) is 89.0 cm³/mol. The Morgan fingerprint density at radius 3 is 2.43 bits per heavy atom. The average Bonchev–Trinajstić information content (AvgIpc) is 2.44. The number of halogens is 1. The molecule has 0 saturated heterocycles. The van der Waals surface area contributed by atoms with E-state index in [1.54, 1.807) is 18.2 Å². The maximum atomic E-state index is 12.4. The summed E-state index contributed by atoms with van der Waals surface area (Å²) in [6.45, 7) is 3.96. The zero-order valence-electron chi connectivity index (χ0n) is 12.2. The summed E-state index contributed by atoms with van der Waals surface area (Å²) in [4.78, 5) is 12.4. The summed E-state index contributed by atoms with van der Waals surface area (Å²) in [6, 6.07) is 8.93. The molecule has 0 bridgehead atoms. The molecule has 0 saturated carbocycles. The van der Waals surface area contributed by atoms with Crippen LogP contribution in [0.3, 0.4) is 0 Å². The van der Waals surface area contributed by atoms with E-state index in [2.05, 4.69) is 21.2 Å². The van der Waals surface area contributed by atoms with Crippen LogP contribution in [0.5, 0.6) is 5.75 Å². The smallest absolute Gasteiger partial charge is 0.259 e. The van der Waals surface area contributed by atoms with Crippen molar-refractivity contribution in [3.05, 3.63) is 51.5 Å². The lowest BCUT2D eigenvalue weighted by Gasteiger charge is -2.13. The van der Waals surface area contributed by atoms with Gasteiger partial charge in [0.2, 0.25) is 0 Å². The highest BCUT2D eigenvalue weighted by Gasteiger charge is 2.15. The highest BCUT2D eigenvalue weighted by Crippen LogP contribution is 2.28. The van der Waals surface area contributed by atoms with Crippen molar-refractivity contribution in [3.8, 4) is 5.75 Å². The van der Waals surface area contributed by atoms with Gasteiger partial charge in [-0.3, -0.25) is 4.79 Å². The van der Waals surface area contributed by atoms with Gasteiger partial charge in [0.15, 0.2) is 5.75 Å². The second-order valence-electron chi connectivity index (χ2n) is 4.81. The van der Waals surface area contributed by atoms with E-state index in [0.29, 0.717) is 17.0 Å². The van der Waals surface area contributed by atoms with E-state index in [-0.39, 0.29) is 5.91 Å². The minimum atomic E-state index is -0.250. The topological polar surface area (TPSA) is 64.3 Å². The molecule has 0 aliphatic heterocycles. The number of nitrogen functional groups attached to an aromatic ring is 1. The van der Waals surface area contributed by atoms with E-state index in [4.69, 9.17) is 10.5 Å². The number of carbonyl (C=O) groups is 1. The molecular formula is C16H17BrN2O2. The number of methoxy groups -OCH3 is 1. The highest BCUT2D eigenvalue weighted by atomic mass is 79.9. The van der Waals surface area contributed by atoms with Crippen LogP contribution >= 0.6 is 15.9 Å². The Balaban J connectivity index is 2.33. The molecule has 0 aromatic heterocycles. The third-order valence-electron chi connectivity index (χ3n) is 3.19. The summed E-state index contributed by atoms with van der Waals surface area (Å²) < 4.78 is 6.25. The third kappa shape index (κ3) is 3.19. The molecule has 0 aliphatic carbocycles. The van der Waals surface area contributed by atoms with Gasteiger partial charge in [0.05, 0.1) is 18.4 Å². The maximum Gasteiger partial charge on any atom is 0.259 e. The van der Waals surface area contributed by atoms with Gasteiger partial charge in [-0.2, -0.15) is 0 Å². The van der Waals surface area contributed by atoms with E-state index >= 15 is 0 Å². The summed E-state index contributed by atoms with van der Waals surface area (Å²) in [7, 11) is 1.50. The van der Waals surface area contributed by atoms with E-state index in [9.17, 15) is 4.79 Å². The zero-order valence-corrected chi connectivity index (χ0v) is 13.7. The lowest BCUT2D eigenvalue weighted by molar-refractivity contribution is 0.102. The van der Waals surface area contributed by atoms with Crippen molar-refractivity contribution in [1.29, 1.82) is 0 Å². The Hall–Kier alpha value is -2.01. The number of anilines is 2. The van der Waals surface area contributed by atoms with E-state index < -0.39 is 0 Å². The minimum absolute atomic E-state index is 0.250. The number of benzene rings is 2. The molecule has 2 aromatic rings. The van der Waals surface area contributed by atoms with Crippen molar-refractivity contribution in [2.24, 2.45) is 0 Å². The van der Waals surface area contributed by atoms with Crippen molar-refractivity contribution >= 4 is 33.2 Å². The molecule has 0 aliphatic rings. The maximum absolute atomic E-state index is 12.4. The van der Waals surface area contributed by atoms with Crippen molar-refractivity contribution in [2.75, 3.05) is 18.2 Å². The number of nitrogens with one attached hydrogen (secondary N) is 1. The molecule has 3 N–H and O–H groups in total. The van der Waals surface area contributed by atoms with Crippen LogP contribution in [-0.4, -0.2) is 13.0 Å². The van der Waals surface area contributed by atoms with Crippen LogP contribution < -0.4 is 15.8 Å². The fourth-order valence-corrected chi connectivity index (χ4v) is 2.41. The number of amides is 1. The molecule has 110 valence electrons. The van der Waals surface area contributed by atoms with Crippen molar-refractivity contribution in [2.45, 2.75) is 13.8 Å². The van der Waals surface area contributed by atoms with E-state index in [1.165, 1.54) is 7.11 Å². The normalized spacial score (nSPS) is 10.3. The monoisotopic (exact) mass is 348 g/mol. The van der Waals surface area contributed by atoms with Crippen molar-refractivity contribution in [3.63, 3.8) is 0 Å². The second kappa shape index (κ2) is 6.18. The molecule has 2 aromatic carbocycles. The molecule has 0 heterocycles. The Labute approximate surface area is 132 Å². The lowest BCUT2D eigenvalue weighted by Crippen LogP contribution is -2.14. The second-order valence-corrected chi connectivity index (χ2v) is 5.60. The first kappa shape index (κ1) is 15.4. The first-order valence-corrected chi connectivity index (χ1v) is 7.24. The van der Waals surface area contributed by atoms with Gasteiger partial charge in [0.25, 0.3) is 5.91 Å². The fraction of sp³-hybridized carbons (Fsp3) is 0.188. The molecule has 21 heavy (non-hydrogen) atoms. The van der Waals surface area contributed by atoms with Gasteiger partial charge >= 0.3 is 0 Å². The van der Waals surface area contributed by atoms with Gasteiger partial charge in [-0.25, -0.2) is 0 Å². The summed E-state index contributed by atoms with van der Waals surface area (Å²) in [5.41, 5.74) is 9.53. The molecule has 2 rings (SSSR count). The van der Waals surface area contributed by atoms with Crippen LogP contribution in [0, 0.1) is 13.8 Å². The van der Waals surface area contributed by atoms with Crippen LogP contribution in [0.15, 0.2) is 34.8 Å². The van der Waals surface area contributed by atoms with Gasteiger partial charge in [0, 0.05) is 10.2 Å². The van der Waals surface area contributed by atoms with Crippen molar-refractivity contribution in [1.82, 2.24) is 0 Å². The van der Waals surface area contributed by atoms with Gasteiger partial charge in [0.1, 0.15) is 0 Å². The molecule has 0 fully saturated rings. The summed E-state index contributed by atoms with van der Waals surface area (Å²) in [5.74, 6) is 0.140. The third-order valence-corrected chi connectivity index (χ3v) is 4.44. The van der Waals surface area contributed by atoms with Crippen LogP contribution in [-0.2, 0) is 0 Å². The number of carbonyl (C=O) groups excluding carboxylic acids is 1. The standard InChI is InChI=1S/C16H17BrN2O2/c1-9-7-11(8-10(2)14(9)17)19-16(20)12-5-4-6-13(18)15(12)21-3/h4-8H,18H2,1-3H3,(H,19,20). The molecule has 0 spiro atoms. The summed E-state index contributed by atoms with van der Waals surface area (Å²) in [6.07, 6.45) is 0. The molecule has 0 atom stereocenters. The number of aryl methyl sites for hydroxylation is 2. The molecule has 1 amide bonds. The number of ether oxygens (including phenoxy) is 1. The molecule has 4 nitrogen and oxygen atoms in total. The molecule has 0 radical (unpaired) electrons. The number of rotatable bonds is 3. The first-order valence-electron chi connectivity index (χ1n) is 6.44. The Bertz CT molecular complexity index is 676. The summed E-state index contributed by atoms with van der Waals surface area (Å²) >= 11 is 3.51. The number of para-hydroxylation sites is 1. The predicted octanol–water partition coefficient (Wildman–Crippen LogP) is 3.91. The Morgan fingerprint density at radius 2 is 1.86 bits per heavy atom. The van der Waals surface area contributed by atoms with Gasteiger partial charge in [-0.1, -0.05) is 22.0 Å². The largest absolute Gasteiger partial charge is 0.494 e. The zero-order chi connectivity index (χ0) is 15.6. The van der Waals surface area contributed by atoms with Gasteiger partial charge < -0.3 is 15.8 Å². The summed E-state index contributed by atoms with van der Waals surface area (Å²) in [5, 5.41) is 2.87. The lowest BCUT2D eigenvalue weighted by atomic mass is 10.1. The van der Waals surface area contributed by atoms with Gasteiger partial charge in [-0.15, -0.1) is 0 Å². The average molecular weight is 349 g/mol. The Morgan fingerprint density at radius 1 is 1.24 bits per heavy atom. The quantitative estimate of drug-likeness (QED) is 0.826. The molecule has 0 unspecified atom stereocenters. The van der Waals surface area contributed by atoms with Crippen LogP contribution in [0.1, 0.15) is 21.5 Å². The van der Waals surface area contributed by atoms with E-state index in [1.807, 2.05) is 26.0 Å². The fourth-order valence-electron chi connectivity index (χ4n) is 2.18. The number of hydrogen-bond acceptors (Lipinski definition) is 3. The minimum Gasteiger partial charge on any atom is -0.494 e. The Kier molecular flexibility index (Phi) is 4.53. The van der Waals surface area contributed by atoms with Gasteiger partial charge in [-0.05, 0) is 49.2 Å². The molecule has 5 heteroatoms. The van der Waals surface area contributed by atoms with E-state index in [0.717, 1.165) is 21.3 Å². The van der Waals surface area contributed by atoms with Crippen LogP contribution in [0.4, 0.5) is 11.4 Å². The van der Waals surface area contributed by atoms with Crippen molar-refractivity contribution < 1.29 is 9.53 Å². The van der Waals surface area contributed by atoms with Crippen LogP contribution in [0.25, 0.3) is 0 Å². The number of hydrogen-bond donors (Lipinski definition) is 2. The number of nitrogens with two attached hydrogens (primary N) is 1. The molecular weight excluding hydrogens is 332 g/mol. The first-order chi connectivity index (χ1) is 9.93. The van der Waals surface area contributed by atoms with Crippen LogP contribution in [0.2, 0.25) is 0 Å². The highest BCUT2D eigenvalue weighted by molar-refractivity contribution is 9.10. The SMILES string of the molecule is COc1c(N)cccc1C(=O)Nc1cc(C)c(Br)c(C)c1.